The largest absolute Gasteiger partial charge is 0.506 e. The Bertz CT molecular complexity index is 1410. The first kappa shape index (κ1) is 22.2. The van der Waals surface area contributed by atoms with Gasteiger partial charge in [-0.1, -0.05) is 36.7 Å². The van der Waals surface area contributed by atoms with E-state index in [1.165, 1.54) is 0 Å². The summed E-state index contributed by atoms with van der Waals surface area (Å²) >= 11 is 6.41. The Morgan fingerprint density at radius 3 is 2.56 bits per heavy atom. The van der Waals surface area contributed by atoms with Gasteiger partial charge in [0.15, 0.2) is 0 Å². The minimum atomic E-state index is -0.00889. The number of aromatic hydroxyl groups is 1. The number of benzene rings is 3. The molecule has 0 atom stereocenters. The lowest BCUT2D eigenvalue weighted by Crippen LogP contribution is -2.33. The van der Waals surface area contributed by atoms with E-state index in [0.29, 0.717) is 16.5 Å². The lowest BCUT2D eigenvalue weighted by atomic mass is 9.95. The molecule has 0 aliphatic carbocycles. The Morgan fingerprint density at radius 1 is 1.03 bits per heavy atom. The lowest BCUT2D eigenvalue weighted by molar-refractivity contribution is 0.439. The van der Waals surface area contributed by atoms with E-state index in [0.717, 1.165) is 64.9 Å². The molecule has 34 heavy (non-hydrogen) atoms. The second-order valence-corrected chi connectivity index (χ2v) is 9.57. The van der Waals surface area contributed by atoms with Crippen LogP contribution >= 0.6 is 11.6 Å². The van der Waals surface area contributed by atoms with Crippen LogP contribution in [0.2, 0.25) is 5.02 Å². The maximum atomic E-state index is 10.7. The normalized spacial score (nSPS) is 14.4. The van der Waals surface area contributed by atoms with Gasteiger partial charge in [0, 0.05) is 34.6 Å². The fourth-order valence-electron chi connectivity index (χ4n) is 4.75. The number of hydrogen-bond donors (Lipinski definition) is 1. The maximum absolute atomic E-state index is 10.7. The summed E-state index contributed by atoms with van der Waals surface area (Å²) in [5.41, 5.74) is 6.34. The van der Waals surface area contributed by atoms with Gasteiger partial charge < -0.3 is 10.0 Å². The van der Waals surface area contributed by atoms with Crippen LogP contribution in [0.25, 0.3) is 33.3 Å². The number of aryl methyl sites for hydroxylation is 1. The highest BCUT2D eigenvalue weighted by Gasteiger charge is 2.24. The van der Waals surface area contributed by atoms with Crippen molar-refractivity contribution in [3.63, 3.8) is 0 Å². The van der Waals surface area contributed by atoms with Crippen LogP contribution in [-0.2, 0) is 0 Å². The van der Waals surface area contributed by atoms with Crippen molar-refractivity contribution in [3.05, 3.63) is 70.7 Å². The van der Waals surface area contributed by atoms with Crippen molar-refractivity contribution in [2.24, 2.45) is 5.92 Å². The van der Waals surface area contributed by atoms with Crippen LogP contribution in [0.3, 0.4) is 0 Å². The molecule has 1 N–H and O–H groups in total. The average molecular weight is 469 g/mol. The molecular weight excluding hydrogens is 444 g/mol. The second-order valence-electron chi connectivity index (χ2n) is 9.13. The SMILES string of the molecule is Cc1cc(Cl)cc(-c2nnc3ccc(-c4cccc(C#N)c4O)cc3c2N2CCC(C)CC2)c1. The summed E-state index contributed by atoms with van der Waals surface area (Å²) in [5.74, 6) is 0.681. The molecule has 5 nitrogen and oxygen atoms in total. The number of fused-ring (bicyclic) bond motifs is 1. The summed E-state index contributed by atoms with van der Waals surface area (Å²) in [7, 11) is 0. The number of aromatic nitrogens is 2. The van der Waals surface area contributed by atoms with E-state index in [1.54, 1.807) is 12.1 Å². The highest BCUT2D eigenvalue weighted by Crippen LogP contribution is 2.40. The van der Waals surface area contributed by atoms with Crippen LogP contribution in [0, 0.1) is 24.2 Å². The van der Waals surface area contributed by atoms with Crippen molar-refractivity contribution in [2.75, 3.05) is 18.0 Å². The van der Waals surface area contributed by atoms with E-state index in [4.69, 9.17) is 11.6 Å². The molecule has 1 aromatic heterocycles. The molecule has 4 aromatic rings. The summed E-state index contributed by atoms with van der Waals surface area (Å²) in [6.45, 7) is 6.20. The average Bonchev–Trinajstić information content (AvgIpc) is 2.83. The zero-order valence-corrected chi connectivity index (χ0v) is 20.0. The van der Waals surface area contributed by atoms with Crippen LogP contribution in [-0.4, -0.2) is 28.4 Å². The number of piperidine rings is 1. The van der Waals surface area contributed by atoms with E-state index in [9.17, 15) is 10.4 Å². The number of rotatable bonds is 3. The third kappa shape index (κ3) is 4.06. The van der Waals surface area contributed by atoms with Crippen molar-refractivity contribution in [1.82, 2.24) is 10.2 Å². The van der Waals surface area contributed by atoms with Crippen LogP contribution in [0.5, 0.6) is 5.75 Å². The van der Waals surface area contributed by atoms with Crippen LogP contribution in [0.4, 0.5) is 5.69 Å². The Morgan fingerprint density at radius 2 is 1.82 bits per heavy atom. The standard InChI is InChI=1S/C28H25ClN4O/c1-17-8-10-33(11-9-17)27-24-15-19(23-5-3-4-20(16-30)28(23)34)6-7-25(24)31-32-26(27)21-12-18(2)13-22(29)14-21/h3-7,12-15,17,34H,8-11H2,1-2H3. The van der Waals surface area contributed by atoms with Gasteiger partial charge >= 0.3 is 0 Å². The third-order valence-electron chi connectivity index (χ3n) is 6.62. The molecule has 1 saturated heterocycles. The summed E-state index contributed by atoms with van der Waals surface area (Å²) in [6, 6.07) is 19.1. The number of nitrogens with zero attached hydrogens (tertiary/aromatic N) is 4. The van der Waals surface area contributed by atoms with Gasteiger partial charge in [0.1, 0.15) is 17.5 Å². The first-order valence-corrected chi connectivity index (χ1v) is 11.9. The molecule has 0 unspecified atom stereocenters. The van der Waals surface area contributed by atoms with Crippen LogP contribution < -0.4 is 4.90 Å². The number of nitriles is 1. The van der Waals surface area contributed by atoms with Gasteiger partial charge in [-0.15, -0.1) is 10.2 Å². The zero-order chi connectivity index (χ0) is 23.8. The van der Waals surface area contributed by atoms with E-state index in [-0.39, 0.29) is 11.3 Å². The molecule has 5 rings (SSSR count). The van der Waals surface area contributed by atoms with Gasteiger partial charge in [-0.25, -0.2) is 0 Å². The van der Waals surface area contributed by atoms with Crippen molar-refractivity contribution < 1.29 is 5.11 Å². The van der Waals surface area contributed by atoms with Crippen LogP contribution in [0.1, 0.15) is 30.9 Å². The monoisotopic (exact) mass is 468 g/mol. The third-order valence-corrected chi connectivity index (χ3v) is 6.83. The van der Waals surface area contributed by atoms with Gasteiger partial charge in [-0.05, 0) is 73.2 Å². The molecule has 170 valence electrons. The number of phenols is 1. The maximum Gasteiger partial charge on any atom is 0.141 e. The molecule has 6 heteroatoms. The fraction of sp³-hybridized carbons (Fsp3) is 0.250. The summed E-state index contributed by atoms with van der Waals surface area (Å²) in [6.07, 6.45) is 2.23. The van der Waals surface area contributed by atoms with Gasteiger partial charge in [0.2, 0.25) is 0 Å². The zero-order valence-electron chi connectivity index (χ0n) is 19.2. The summed E-state index contributed by atoms with van der Waals surface area (Å²) in [5, 5.41) is 30.9. The Balaban J connectivity index is 1.76. The lowest BCUT2D eigenvalue weighted by Gasteiger charge is -2.34. The Kier molecular flexibility index (Phi) is 5.85. The number of halogens is 1. The van der Waals surface area contributed by atoms with E-state index in [2.05, 4.69) is 40.2 Å². The van der Waals surface area contributed by atoms with Gasteiger partial charge in [-0.3, -0.25) is 0 Å². The van der Waals surface area contributed by atoms with E-state index < -0.39 is 0 Å². The number of para-hydroxylation sites is 1. The molecule has 2 heterocycles. The number of anilines is 1. The van der Waals surface area contributed by atoms with Crippen molar-refractivity contribution in [1.29, 1.82) is 5.26 Å². The molecule has 3 aromatic carbocycles. The first-order valence-electron chi connectivity index (χ1n) is 11.5. The second kappa shape index (κ2) is 8.96. The van der Waals surface area contributed by atoms with E-state index in [1.807, 2.05) is 37.3 Å². The summed E-state index contributed by atoms with van der Waals surface area (Å²) < 4.78 is 0. The quantitative estimate of drug-likeness (QED) is 0.360. The van der Waals surface area contributed by atoms with Crippen molar-refractivity contribution in [3.8, 4) is 34.2 Å². The Hall–Kier alpha value is -3.62. The molecule has 1 aliphatic heterocycles. The molecule has 0 radical (unpaired) electrons. The fourth-order valence-corrected chi connectivity index (χ4v) is 5.04. The predicted molar refractivity (Wildman–Crippen MR) is 137 cm³/mol. The summed E-state index contributed by atoms with van der Waals surface area (Å²) in [4.78, 5) is 2.40. The predicted octanol–water partition coefficient (Wildman–Crippen LogP) is 6.74. The highest BCUT2D eigenvalue weighted by atomic mass is 35.5. The molecule has 0 bridgehead atoms. The Labute approximate surface area is 204 Å². The first-order chi connectivity index (χ1) is 16.4. The number of hydrogen-bond acceptors (Lipinski definition) is 5. The molecule has 0 spiro atoms. The topological polar surface area (TPSA) is 73.0 Å². The molecule has 0 amide bonds. The molecule has 1 aliphatic rings. The highest BCUT2D eigenvalue weighted by molar-refractivity contribution is 6.31. The molecule has 0 saturated carbocycles. The van der Waals surface area contributed by atoms with Crippen LogP contribution in [0.15, 0.2) is 54.6 Å². The smallest absolute Gasteiger partial charge is 0.141 e. The van der Waals surface area contributed by atoms with Gasteiger partial charge in [0.05, 0.1) is 16.8 Å². The van der Waals surface area contributed by atoms with Gasteiger partial charge in [0.25, 0.3) is 0 Å². The van der Waals surface area contributed by atoms with Gasteiger partial charge in [-0.2, -0.15) is 5.26 Å². The van der Waals surface area contributed by atoms with Crippen molar-refractivity contribution in [2.45, 2.75) is 26.7 Å². The van der Waals surface area contributed by atoms with Crippen molar-refractivity contribution >= 4 is 28.2 Å². The molecule has 1 fully saturated rings. The van der Waals surface area contributed by atoms with E-state index >= 15 is 0 Å². The number of phenolic OH excluding ortho intramolecular Hbond substituents is 1. The minimum absolute atomic E-state index is 0.00889. The molecular formula is C28H25ClN4O. The minimum Gasteiger partial charge on any atom is -0.506 e.